The van der Waals surface area contributed by atoms with Crippen molar-refractivity contribution >= 4 is 5.69 Å². The predicted molar refractivity (Wildman–Crippen MR) is 48.3 cm³/mol. The SMILES string of the molecule is Cc1nccn1-c1ncc(N)cn1. The Morgan fingerprint density at radius 2 is 1.92 bits per heavy atom. The maximum Gasteiger partial charge on any atom is 0.235 e. The molecule has 0 unspecified atom stereocenters. The van der Waals surface area contributed by atoms with Crippen LogP contribution in [0.2, 0.25) is 0 Å². The summed E-state index contributed by atoms with van der Waals surface area (Å²) < 4.78 is 1.79. The van der Waals surface area contributed by atoms with E-state index in [9.17, 15) is 0 Å². The van der Waals surface area contributed by atoms with Crippen molar-refractivity contribution in [2.75, 3.05) is 5.73 Å². The van der Waals surface area contributed by atoms with E-state index in [1.807, 2.05) is 6.92 Å². The van der Waals surface area contributed by atoms with Gasteiger partial charge in [0, 0.05) is 12.4 Å². The molecule has 0 aromatic carbocycles. The van der Waals surface area contributed by atoms with Gasteiger partial charge in [-0.05, 0) is 6.92 Å². The van der Waals surface area contributed by atoms with E-state index in [0.717, 1.165) is 5.82 Å². The second-order valence-electron chi connectivity index (χ2n) is 2.66. The zero-order valence-corrected chi connectivity index (χ0v) is 7.18. The molecule has 2 N–H and O–H groups in total. The molecule has 2 rings (SSSR count). The lowest BCUT2D eigenvalue weighted by Gasteiger charge is -2.01. The van der Waals surface area contributed by atoms with Crippen molar-refractivity contribution in [1.29, 1.82) is 0 Å². The minimum Gasteiger partial charge on any atom is -0.396 e. The van der Waals surface area contributed by atoms with Crippen molar-refractivity contribution in [2.24, 2.45) is 0 Å². The molecule has 0 amide bonds. The Balaban J connectivity index is 2.47. The van der Waals surface area contributed by atoms with Gasteiger partial charge < -0.3 is 5.73 Å². The fraction of sp³-hybridized carbons (Fsp3) is 0.125. The van der Waals surface area contributed by atoms with Gasteiger partial charge in [-0.15, -0.1) is 0 Å². The van der Waals surface area contributed by atoms with E-state index < -0.39 is 0 Å². The summed E-state index contributed by atoms with van der Waals surface area (Å²) in [5.74, 6) is 1.44. The standard InChI is InChI=1S/C8H9N5/c1-6-10-2-3-13(6)8-11-4-7(9)5-12-8/h2-5H,9H2,1H3. The third-order valence-electron chi connectivity index (χ3n) is 1.70. The van der Waals surface area contributed by atoms with Gasteiger partial charge >= 0.3 is 0 Å². The van der Waals surface area contributed by atoms with Crippen LogP contribution in [0.3, 0.4) is 0 Å². The molecule has 0 saturated carbocycles. The molecule has 5 nitrogen and oxygen atoms in total. The van der Waals surface area contributed by atoms with Gasteiger partial charge in [0.2, 0.25) is 5.95 Å². The Morgan fingerprint density at radius 3 is 2.46 bits per heavy atom. The van der Waals surface area contributed by atoms with Crippen LogP contribution in [0.5, 0.6) is 0 Å². The van der Waals surface area contributed by atoms with E-state index in [2.05, 4.69) is 15.0 Å². The second kappa shape index (κ2) is 2.85. The van der Waals surface area contributed by atoms with E-state index in [-0.39, 0.29) is 0 Å². The smallest absolute Gasteiger partial charge is 0.235 e. The number of nitrogens with zero attached hydrogens (tertiary/aromatic N) is 4. The summed E-state index contributed by atoms with van der Waals surface area (Å²) in [4.78, 5) is 12.2. The molecule has 2 aromatic rings. The lowest BCUT2D eigenvalue weighted by atomic mass is 10.5. The van der Waals surface area contributed by atoms with Gasteiger partial charge in [0.25, 0.3) is 0 Å². The molecule has 5 heteroatoms. The fourth-order valence-corrected chi connectivity index (χ4v) is 1.04. The zero-order chi connectivity index (χ0) is 9.26. The summed E-state index contributed by atoms with van der Waals surface area (Å²) in [6.07, 6.45) is 6.65. The molecule has 0 aliphatic carbocycles. The Bertz CT molecular complexity index is 403. The number of hydrogen-bond acceptors (Lipinski definition) is 4. The first-order chi connectivity index (χ1) is 6.27. The van der Waals surface area contributed by atoms with Gasteiger partial charge in [-0.1, -0.05) is 0 Å². The largest absolute Gasteiger partial charge is 0.396 e. The van der Waals surface area contributed by atoms with E-state index in [0.29, 0.717) is 11.6 Å². The first kappa shape index (κ1) is 7.72. The molecule has 2 aromatic heterocycles. The maximum absolute atomic E-state index is 5.47. The lowest BCUT2D eigenvalue weighted by molar-refractivity contribution is 0.884. The van der Waals surface area contributed by atoms with Crippen LogP contribution >= 0.6 is 0 Å². The highest BCUT2D eigenvalue weighted by atomic mass is 15.2. The Kier molecular flexibility index (Phi) is 1.70. The highest BCUT2D eigenvalue weighted by Crippen LogP contribution is 2.04. The Morgan fingerprint density at radius 1 is 1.23 bits per heavy atom. The van der Waals surface area contributed by atoms with Gasteiger partial charge in [-0.2, -0.15) is 0 Å². The van der Waals surface area contributed by atoms with E-state index >= 15 is 0 Å². The highest BCUT2D eigenvalue weighted by molar-refractivity contribution is 5.32. The number of nitrogens with two attached hydrogens (primary N) is 1. The molecule has 0 radical (unpaired) electrons. The molecule has 0 bridgehead atoms. The van der Waals surface area contributed by atoms with Gasteiger partial charge in [0.15, 0.2) is 0 Å². The van der Waals surface area contributed by atoms with Crippen molar-refractivity contribution < 1.29 is 0 Å². The minimum absolute atomic E-state index is 0.557. The third kappa shape index (κ3) is 1.35. The van der Waals surface area contributed by atoms with Gasteiger partial charge in [0.05, 0.1) is 18.1 Å². The van der Waals surface area contributed by atoms with E-state index in [4.69, 9.17) is 5.73 Å². The van der Waals surface area contributed by atoms with Crippen LogP contribution in [0.4, 0.5) is 5.69 Å². The average Bonchev–Trinajstić information content (AvgIpc) is 2.53. The molecule has 0 atom stereocenters. The number of rotatable bonds is 1. The molecule has 0 aliphatic heterocycles. The first-order valence-corrected chi connectivity index (χ1v) is 3.85. The fourth-order valence-electron chi connectivity index (χ4n) is 1.04. The maximum atomic E-state index is 5.47. The average molecular weight is 175 g/mol. The normalized spacial score (nSPS) is 10.2. The molecule has 0 fully saturated rings. The van der Waals surface area contributed by atoms with Crippen LogP contribution in [0.1, 0.15) is 5.82 Å². The molecular formula is C8H9N5. The first-order valence-electron chi connectivity index (χ1n) is 3.85. The van der Waals surface area contributed by atoms with E-state index in [1.54, 1.807) is 29.4 Å². The number of aryl methyl sites for hydroxylation is 1. The van der Waals surface area contributed by atoms with Crippen LogP contribution in [0.25, 0.3) is 5.95 Å². The number of anilines is 1. The molecule has 0 spiro atoms. The molecule has 66 valence electrons. The van der Waals surface area contributed by atoms with Crippen molar-refractivity contribution in [3.8, 4) is 5.95 Å². The number of hydrogen-bond donors (Lipinski definition) is 1. The summed E-state index contributed by atoms with van der Waals surface area (Å²) in [5, 5.41) is 0. The predicted octanol–water partition coefficient (Wildman–Crippen LogP) is 0.553. The minimum atomic E-state index is 0.557. The summed E-state index contributed by atoms with van der Waals surface area (Å²) in [5.41, 5.74) is 6.03. The number of nitrogen functional groups attached to an aromatic ring is 1. The van der Waals surface area contributed by atoms with Gasteiger partial charge in [-0.25, -0.2) is 15.0 Å². The van der Waals surface area contributed by atoms with Crippen LogP contribution in [0.15, 0.2) is 24.8 Å². The van der Waals surface area contributed by atoms with Crippen LogP contribution < -0.4 is 5.73 Å². The lowest BCUT2D eigenvalue weighted by Crippen LogP contribution is -2.02. The van der Waals surface area contributed by atoms with Crippen LogP contribution in [0, 0.1) is 6.92 Å². The number of aromatic nitrogens is 4. The molecule has 0 aliphatic rings. The van der Waals surface area contributed by atoms with Crippen molar-refractivity contribution in [1.82, 2.24) is 19.5 Å². The van der Waals surface area contributed by atoms with Gasteiger partial charge in [-0.3, -0.25) is 4.57 Å². The third-order valence-corrected chi connectivity index (χ3v) is 1.70. The monoisotopic (exact) mass is 175 g/mol. The molecule has 13 heavy (non-hydrogen) atoms. The summed E-state index contributed by atoms with van der Waals surface area (Å²) in [6, 6.07) is 0. The zero-order valence-electron chi connectivity index (χ0n) is 7.18. The molecule has 0 saturated heterocycles. The van der Waals surface area contributed by atoms with Crippen molar-refractivity contribution in [3.63, 3.8) is 0 Å². The van der Waals surface area contributed by atoms with Gasteiger partial charge in [0.1, 0.15) is 5.82 Å². The van der Waals surface area contributed by atoms with E-state index in [1.165, 1.54) is 0 Å². The highest BCUT2D eigenvalue weighted by Gasteiger charge is 2.01. The Hall–Kier alpha value is -1.91. The quantitative estimate of drug-likeness (QED) is 0.687. The number of imidazole rings is 1. The van der Waals surface area contributed by atoms with Crippen molar-refractivity contribution in [3.05, 3.63) is 30.6 Å². The summed E-state index contributed by atoms with van der Waals surface area (Å²) >= 11 is 0. The summed E-state index contributed by atoms with van der Waals surface area (Å²) in [6.45, 7) is 1.89. The van der Waals surface area contributed by atoms with Crippen molar-refractivity contribution in [2.45, 2.75) is 6.92 Å². The molecule has 2 heterocycles. The van der Waals surface area contributed by atoms with Crippen LogP contribution in [-0.2, 0) is 0 Å². The van der Waals surface area contributed by atoms with Crippen LogP contribution in [-0.4, -0.2) is 19.5 Å². The molecular weight excluding hydrogens is 166 g/mol. The topological polar surface area (TPSA) is 69.6 Å². The second-order valence-corrected chi connectivity index (χ2v) is 2.66. The summed E-state index contributed by atoms with van der Waals surface area (Å²) in [7, 11) is 0. The Labute approximate surface area is 75.3 Å².